The van der Waals surface area contributed by atoms with Crippen LogP contribution >= 0.6 is 11.8 Å². The lowest BCUT2D eigenvalue weighted by Crippen LogP contribution is -2.43. The highest BCUT2D eigenvalue weighted by molar-refractivity contribution is 7.98. The van der Waals surface area contributed by atoms with E-state index in [4.69, 9.17) is 0 Å². The highest BCUT2D eigenvalue weighted by Crippen LogP contribution is 2.15. The van der Waals surface area contributed by atoms with E-state index >= 15 is 0 Å². The maximum Gasteiger partial charge on any atom is 0.326 e. The Kier molecular flexibility index (Phi) is 8.65. The number of carboxylic acid groups (broad SMARTS) is 1. The molecule has 8 heteroatoms. The van der Waals surface area contributed by atoms with Crippen molar-refractivity contribution in [1.29, 1.82) is 5.26 Å². The van der Waals surface area contributed by atoms with Crippen LogP contribution in [0.15, 0.2) is 11.8 Å². The molecule has 1 atom stereocenters. The summed E-state index contributed by atoms with van der Waals surface area (Å²) in [6, 6.07) is 1.18. The van der Waals surface area contributed by atoms with Crippen molar-refractivity contribution in [3.8, 4) is 6.07 Å². The van der Waals surface area contributed by atoms with Crippen molar-refractivity contribution in [2.75, 3.05) is 39.2 Å². The van der Waals surface area contributed by atoms with Crippen LogP contribution in [-0.2, 0) is 9.59 Å². The van der Waals surface area contributed by atoms with Crippen molar-refractivity contribution in [1.82, 2.24) is 15.1 Å². The molecule has 134 valence electrons. The molecule has 1 amide bonds. The normalized spacial score (nSPS) is 17.8. The lowest BCUT2D eigenvalue weighted by atomic mass is 10.0. The third kappa shape index (κ3) is 6.42. The maximum atomic E-state index is 12.2. The van der Waals surface area contributed by atoms with Crippen molar-refractivity contribution in [2.45, 2.75) is 31.3 Å². The van der Waals surface area contributed by atoms with Gasteiger partial charge in [0.15, 0.2) is 0 Å². The molecule has 1 aliphatic rings. The van der Waals surface area contributed by atoms with Crippen LogP contribution < -0.4 is 5.32 Å². The number of thioether (sulfide) groups is 1. The topological polar surface area (TPSA) is 96.7 Å². The monoisotopic (exact) mass is 354 g/mol. The lowest BCUT2D eigenvalue weighted by molar-refractivity contribution is -0.141. The van der Waals surface area contributed by atoms with E-state index < -0.39 is 17.9 Å². The zero-order valence-corrected chi connectivity index (χ0v) is 15.3. The second kappa shape index (κ2) is 10.2. The number of carboxylic acids is 1. The van der Waals surface area contributed by atoms with Crippen molar-refractivity contribution in [3.63, 3.8) is 0 Å². The number of nitrogens with one attached hydrogen (secondary N) is 1. The second-order valence-electron chi connectivity index (χ2n) is 6.00. The largest absolute Gasteiger partial charge is 0.480 e. The van der Waals surface area contributed by atoms with Gasteiger partial charge in [0.25, 0.3) is 5.91 Å². The average molecular weight is 354 g/mol. The first-order valence-electron chi connectivity index (χ1n) is 7.94. The fourth-order valence-corrected chi connectivity index (χ4v) is 3.05. The molecule has 7 nitrogen and oxygen atoms in total. The number of carbonyl (C=O) groups excluding carboxylic acids is 1. The van der Waals surface area contributed by atoms with Crippen LogP contribution in [0.5, 0.6) is 0 Å². The summed E-state index contributed by atoms with van der Waals surface area (Å²) in [6.07, 6.45) is 5.66. The van der Waals surface area contributed by atoms with Gasteiger partial charge in [-0.3, -0.25) is 4.79 Å². The number of nitriles is 1. The molecule has 1 rings (SSSR count). The smallest absolute Gasteiger partial charge is 0.326 e. The van der Waals surface area contributed by atoms with Crippen molar-refractivity contribution in [3.05, 3.63) is 11.8 Å². The number of carbonyl (C=O) groups is 2. The van der Waals surface area contributed by atoms with E-state index in [1.807, 2.05) is 24.3 Å². The fourth-order valence-electron chi connectivity index (χ4n) is 2.58. The van der Waals surface area contributed by atoms with Gasteiger partial charge >= 0.3 is 5.97 Å². The number of rotatable bonds is 8. The van der Waals surface area contributed by atoms with Gasteiger partial charge in [0.05, 0.1) is 0 Å². The van der Waals surface area contributed by atoms with Gasteiger partial charge in [-0.2, -0.15) is 17.0 Å². The van der Waals surface area contributed by atoms with E-state index in [0.717, 1.165) is 25.9 Å². The third-order valence-electron chi connectivity index (χ3n) is 4.18. The molecule has 0 saturated carbocycles. The fraction of sp³-hybridized carbons (Fsp3) is 0.688. The molecule has 0 aromatic carbocycles. The van der Waals surface area contributed by atoms with Gasteiger partial charge in [0.2, 0.25) is 0 Å². The minimum Gasteiger partial charge on any atom is -0.480 e. The Balaban J connectivity index is 2.70. The highest BCUT2D eigenvalue weighted by Gasteiger charge is 2.23. The van der Waals surface area contributed by atoms with E-state index in [2.05, 4.69) is 17.3 Å². The molecule has 0 bridgehead atoms. The van der Waals surface area contributed by atoms with Gasteiger partial charge in [-0.05, 0) is 51.4 Å². The van der Waals surface area contributed by atoms with Crippen molar-refractivity contribution in [2.24, 2.45) is 0 Å². The summed E-state index contributed by atoms with van der Waals surface area (Å²) in [6.45, 7) is 1.96. The van der Waals surface area contributed by atoms with E-state index in [9.17, 15) is 20.0 Å². The molecule has 24 heavy (non-hydrogen) atoms. The average Bonchev–Trinajstić information content (AvgIpc) is 2.56. The molecule has 1 aliphatic heterocycles. The summed E-state index contributed by atoms with van der Waals surface area (Å²) in [5.41, 5.74) is -0.0631. The minimum absolute atomic E-state index is 0.0631. The number of amides is 1. The summed E-state index contributed by atoms with van der Waals surface area (Å²) in [7, 11) is 3.92. The Morgan fingerprint density at radius 2 is 2.12 bits per heavy atom. The number of nitrogens with zero attached hydrogens (tertiary/aromatic N) is 3. The van der Waals surface area contributed by atoms with Gasteiger partial charge in [-0.25, -0.2) is 4.79 Å². The zero-order valence-electron chi connectivity index (χ0n) is 14.5. The number of aliphatic carboxylic acids is 1. The van der Waals surface area contributed by atoms with Gasteiger partial charge < -0.3 is 20.2 Å². The lowest BCUT2D eigenvalue weighted by Gasteiger charge is -2.34. The molecule has 1 unspecified atom stereocenters. The van der Waals surface area contributed by atoms with Gasteiger partial charge in [0.1, 0.15) is 17.7 Å². The summed E-state index contributed by atoms with van der Waals surface area (Å²) in [5, 5.41) is 20.9. The second-order valence-corrected chi connectivity index (χ2v) is 6.99. The zero-order chi connectivity index (χ0) is 18.1. The molecule has 0 spiro atoms. The van der Waals surface area contributed by atoms with E-state index in [-0.39, 0.29) is 11.6 Å². The first-order chi connectivity index (χ1) is 11.4. The number of likely N-dealkylation sites (tertiary alicyclic amines) is 1. The SMILES string of the molecule is CSCCC(NC(=O)/C(C#N)=C\N(C)C1CCN(C)CC1)C(=O)O. The summed E-state index contributed by atoms with van der Waals surface area (Å²) < 4.78 is 0. The standard InChI is InChI=1S/C16H26N4O3S/c1-19-7-4-13(5-8-19)20(2)11-12(10-17)15(21)18-14(16(22)23)6-9-24-3/h11,13-14H,4-9H2,1-3H3,(H,18,21)(H,22,23)/b12-11-. The Hall–Kier alpha value is -1.72. The quantitative estimate of drug-likeness (QED) is 0.490. The Morgan fingerprint density at radius 3 is 2.62 bits per heavy atom. The van der Waals surface area contributed by atoms with Crippen LogP contribution in [0.3, 0.4) is 0 Å². The molecule has 1 saturated heterocycles. The first kappa shape index (κ1) is 20.3. The van der Waals surface area contributed by atoms with E-state index in [1.54, 1.807) is 0 Å². The Bertz CT molecular complexity index is 510. The Labute approximate surface area is 147 Å². The maximum absolute atomic E-state index is 12.2. The van der Waals surface area contributed by atoms with E-state index in [1.165, 1.54) is 18.0 Å². The predicted octanol–water partition coefficient (Wildman–Crippen LogP) is 0.742. The van der Waals surface area contributed by atoms with Crippen LogP contribution in [0.4, 0.5) is 0 Å². The molecular formula is C16H26N4O3S. The van der Waals surface area contributed by atoms with Crippen molar-refractivity contribution < 1.29 is 14.7 Å². The summed E-state index contributed by atoms with van der Waals surface area (Å²) in [5.74, 6) is -1.10. The van der Waals surface area contributed by atoms with Crippen LogP contribution in [-0.4, -0.2) is 78.1 Å². The van der Waals surface area contributed by atoms with Gasteiger partial charge in [0, 0.05) is 19.3 Å². The number of piperidine rings is 1. The molecule has 0 aliphatic carbocycles. The van der Waals surface area contributed by atoms with E-state index in [0.29, 0.717) is 12.2 Å². The molecule has 0 aromatic rings. The highest BCUT2D eigenvalue weighted by atomic mass is 32.2. The van der Waals surface area contributed by atoms with Crippen LogP contribution in [0.2, 0.25) is 0 Å². The molecule has 1 heterocycles. The molecular weight excluding hydrogens is 328 g/mol. The third-order valence-corrected chi connectivity index (χ3v) is 4.82. The first-order valence-corrected chi connectivity index (χ1v) is 9.33. The molecule has 0 radical (unpaired) electrons. The molecule has 0 aromatic heterocycles. The Morgan fingerprint density at radius 1 is 1.50 bits per heavy atom. The number of hydrogen-bond acceptors (Lipinski definition) is 6. The van der Waals surface area contributed by atoms with Crippen LogP contribution in [0, 0.1) is 11.3 Å². The minimum atomic E-state index is -1.08. The summed E-state index contributed by atoms with van der Waals surface area (Å²) >= 11 is 1.51. The van der Waals surface area contributed by atoms with Gasteiger partial charge in [-0.15, -0.1) is 0 Å². The summed E-state index contributed by atoms with van der Waals surface area (Å²) in [4.78, 5) is 27.6. The van der Waals surface area contributed by atoms with Gasteiger partial charge in [-0.1, -0.05) is 0 Å². The molecule has 2 N–H and O–H groups in total. The predicted molar refractivity (Wildman–Crippen MR) is 94.5 cm³/mol. The molecule has 1 fully saturated rings. The van der Waals surface area contributed by atoms with Crippen LogP contribution in [0.25, 0.3) is 0 Å². The number of hydrogen-bond donors (Lipinski definition) is 2. The van der Waals surface area contributed by atoms with Crippen molar-refractivity contribution >= 4 is 23.6 Å². The van der Waals surface area contributed by atoms with Crippen LogP contribution in [0.1, 0.15) is 19.3 Å².